The van der Waals surface area contributed by atoms with Crippen LogP contribution in [0.5, 0.6) is 5.75 Å². The number of amides is 1. The van der Waals surface area contributed by atoms with Crippen molar-refractivity contribution >= 4 is 34.2 Å². The van der Waals surface area contributed by atoms with Crippen molar-refractivity contribution in [2.45, 2.75) is 6.42 Å². The van der Waals surface area contributed by atoms with Gasteiger partial charge in [-0.1, -0.05) is 0 Å². The van der Waals surface area contributed by atoms with E-state index in [0.29, 0.717) is 24.3 Å². The summed E-state index contributed by atoms with van der Waals surface area (Å²) in [4.78, 5) is 11.6. The fourth-order valence-corrected chi connectivity index (χ4v) is 2.40. The molecular formula is C11H13IN2O3. The van der Waals surface area contributed by atoms with Gasteiger partial charge < -0.3 is 20.5 Å². The third-order valence-corrected chi connectivity index (χ3v) is 3.51. The molecule has 92 valence electrons. The Morgan fingerprint density at radius 1 is 1.53 bits per heavy atom. The first-order valence-corrected chi connectivity index (χ1v) is 6.40. The van der Waals surface area contributed by atoms with E-state index < -0.39 is 0 Å². The Morgan fingerprint density at radius 3 is 3.12 bits per heavy atom. The molecule has 0 radical (unpaired) electrons. The summed E-state index contributed by atoms with van der Waals surface area (Å²) < 4.78 is 6.34. The van der Waals surface area contributed by atoms with E-state index in [9.17, 15) is 4.79 Å². The molecule has 0 atom stereocenters. The monoisotopic (exact) mass is 348 g/mol. The van der Waals surface area contributed by atoms with Gasteiger partial charge in [-0.15, -0.1) is 0 Å². The number of anilines is 1. The number of aliphatic hydroxyl groups is 1. The molecule has 0 saturated carbocycles. The number of hydrogen-bond acceptors (Lipinski definition) is 4. The van der Waals surface area contributed by atoms with E-state index in [1.807, 2.05) is 6.07 Å². The molecule has 5 nitrogen and oxygen atoms in total. The number of carbonyl (C=O) groups excluding carboxylic acids is 1. The highest BCUT2D eigenvalue weighted by molar-refractivity contribution is 14.1. The molecule has 0 aromatic heterocycles. The molecule has 0 aliphatic carbocycles. The SMILES string of the molecule is O=C1NCOc2c1ccc(NCCCO)c2I. The quantitative estimate of drug-likeness (QED) is 0.564. The van der Waals surface area contributed by atoms with Crippen LogP contribution in [0.15, 0.2) is 12.1 Å². The fourth-order valence-electron chi connectivity index (χ4n) is 1.58. The molecule has 0 spiro atoms. The molecule has 1 aliphatic heterocycles. The fraction of sp³-hybridized carbons (Fsp3) is 0.364. The second kappa shape index (κ2) is 5.54. The Balaban J connectivity index is 2.23. The zero-order valence-corrected chi connectivity index (χ0v) is 11.3. The maximum absolute atomic E-state index is 11.6. The van der Waals surface area contributed by atoms with Crippen LogP contribution in [0, 0.1) is 3.57 Å². The minimum absolute atomic E-state index is 0.105. The number of carbonyl (C=O) groups is 1. The largest absolute Gasteiger partial charge is 0.471 e. The Morgan fingerprint density at radius 2 is 2.35 bits per heavy atom. The number of benzene rings is 1. The van der Waals surface area contributed by atoms with Gasteiger partial charge in [-0.05, 0) is 41.1 Å². The van der Waals surface area contributed by atoms with Crippen molar-refractivity contribution in [1.29, 1.82) is 0 Å². The van der Waals surface area contributed by atoms with Crippen molar-refractivity contribution in [2.24, 2.45) is 0 Å². The van der Waals surface area contributed by atoms with E-state index in [-0.39, 0.29) is 19.2 Å². The number of ether oxygens (including phenoxy) is 1. The van der Waals surface area contributed by atoms with Crippen molar-refractivity contribution in [3.8, 4) is 5.75 Å². The molecule has 0 unspecified atom stereocenters. The zero-order chi connectivity index (χ0) is 12.3. The van der Waals surface area contributed by atoms with Gasteiger partial charge in [-0.25, -0.2) is 0 Å². The summed E-state index contributed by atoms with van der Waals surface area (Å²) in [5.74, 6) is 0.523. The van der Waals surface area contributed by atoms with E-state index in [2.05, 4.69) is 33.2 Å². The number of fused-ring (bicyclic) bond motifs is 1. The summed E-state index contributed by atoms with van der Waals surface area (Å²) in [5, 5.41) is 14.5. The topological polar surface area (TPSA) is 70.6 Å². The van der Waals surface area contributed by atoms with Crippen molar-refractivity contribution < 1.29 is 14.6 Å². The summed E-state index contributed by atoms with van der Waals surface area (Å²) >= 11 is 2.16. The minimum atomic E-state index is -0.105. The molecule has 1 aromatic carbocycles. The summed E-state index contributed by atoms with van der Waals surface area (Å²) in [5.41, 5.74) is 1.49. The third kappa shape index (κ3) is 2.63. The first-order chi connectivity index (χ1) is 8.24. The van der Waals surface area contributed by atoms with Crippen LogP contribution in [0.1, 0.15) is 16.8 Å². The highest BCUT2D eigenvalue weighted by atomic mass is 127. The third-order valence-electron chi connectivity index (χ3n) is 2.44. The van der Waals surface area contributed by atoms with Gasteiger partial charge in [0.2, 0.25) is 0 Å². The van der Waals surface area contributed by atoms with E-state index in [0.717, 1.165) is 9.26 Å². The highest BCUT2D eigenvalue weighted by Crippen LogP contribution is 2.33. The van der Waals surface area contributed by atoms with Gasteiger partial charge in [0.25, 0.3) is 5.91 Å². The number of aliphatic hydroxyl groups excluding tert-OH is 1. The van der Waals surface area contributed by atoms with E-state index >= 15 is 0 Å². The van der Waals surface area contributed by atoms with Crippen LogP contribution in [-0.2, 0) is 0 Å². The van der Waals surface area contributed by atoms with Crippen LogP contribution < -0.4 is 15.4 Å². The van der Waals surface area contributed by atoms with Crippen molar-refractivity contribution in [1.82, 2.24) is 5.32 Å². The smallest absolute Gasteiger partial charge is 0.257 e. The highest BCUT2D eigenvalue weighted by Gasteiger charge is 2.21. The van der Waals surface area contributed by atoms with Gasteiger partial charge in [-0.2, -0.15) is 0 Å². The molecule has 1 amide bonds. The second-order valence-corrected chi connectivity index (χ2v) is 4.68. The molecule has 0 saturated heterocycles. The van der Waals surface area contributed by atoms with E-state index in [4.69, 9.17) is 9.84 Å². The van der Waals surface area contributed by atoms with Crippen LogP contribution in [0.4, 0.5) is 5.69 Å². The normalized spacial score (nSPS) is 13.6. The maximum atomic E-state index is 11.6. The predicted molar refractivity (Wildman–Crippen MR) is 72.3 cm³/mol. The molecule has 1 aromatic rings. The lowest BCUT2D eigenvalue weighted by Gasteiger charge is -2.20. The van der Waals surface area contributed by atoms with Gasteiger partial charge in [0.05, 0.1) is 14.8 Å². The Labute approximate surface area is 113 Å². The average Bonchev–Trinajstić information content (AvgIpc) is 2.33. The Hall–Kier alpha value is -1.02. The Bertz CT molecular complexity index is 437. The molecule has 1 heterocycles. The molecule has 3 N–H and O–H groups in total. The number of hydrogen-bond donors (Lipinski definition) is 3. The standard InChI is InChI=1S/C11H13IN2O3/c12-9-8(13-4-1-5-15)3-2-7-10(9)17-6-14-11(7)16/h2-3,13,15H,1,4-6H2,(H,14,16). The minimum Gasteiger partial charge on any atom is -0.471 e. The summed E-state index contributed by atoms with van der Waals surface area (Å²) in [6.07, 6.45) is 0.689. The van der Waals surface area contributed by atoms with Crippen LogP contribution in [-0.4, -0.2) is 30.9 Å². The molecule has 6 heteroatoms. The predicted octanol–water partition coefficient (Wildman–Crippen LogP) is 1.17. The number of rotatable bonds is 4. The lowest BCUT2D eigenvalue weighted by molar-refractivity contribution is 0.0882. The van der Waals surface area contributed by atoms with Crippen LogP contribution in [0.3, 0.4) is 0 Å². The van der Waals surface area contributed by atoms with Crippen molar-refractivity contribution in [3.05, 3.63) is 21.3 Å². The van der Waals surface area contributed by atoms with E-state index in [1.54, 1.807) is 6.07 Å². The molecule has 0 fully saturated rings. The molecule has 2 rings (SSSR count). The molecule has 0 bridgehead atoms. The molecule has 17 heavy (non-hydrogen) atoms. The Kier molecular flexibility index (Phi) is 4.06. The van der Waals surface area contributed by atoms with Gasteiger partial charge >= 0.3 is 0 Å². The van der Waals surface area contributed by atoms with Crippen molar-refractivity contribution in [2.75, 3.05) is 25.2 Å². The summed E-state index contributed by atoms with van der Waals surface area (Å²) in [7, 11) is 0. The van der Waals surface area contributed by atoms with Crippen molar-refractivity contribution in [3.63, 3.8) is 0 Å². The lowest BCUT2D eigenvalue weighted by Crippen LogP contribution is -2.33. The van der Waals surface area contributed by atoms with Crippen LogP contribution in [0.25, 0.3) is 0 Å². The summed E-state index contributed by atoms with van der Waals surface area (Å²) in [6, 6.07) is 3.60. The molecule has 1 aliphatic rings. The number of nitrogens with one attached hydrogen (secondary N) is 2. The van der Waals surface area contributed by atoms with Gasteiger partial charge in [-0.3, -0.25) is 4.79 Å². The lowest BCUT2D eigenvalue weighted by atomic mass is 10.1. The average molecular weight is 348 g/mol. The van der Waals surface area contributed by atoms with Gasteiger partial charge in [0, 0.05) is 13.2 Å². The number of halogens is 1. The zero-order valence-electron chi connectivity index (χ0n) is 9.12. The van der Waals surface area contributed by atoms with E-state index in [1.165, 1.54) is 0 Å². The second-order valence-electron chi connectivity index (χ2n) is 3.60. The van der Waals surface area contributed by atoms with Gasteiger partial charge in [0.15, 0.2) is 6.73 Å². The maximum Gasteiger partial charge on any atom is 0.257 e. The van der Waals surface area contributed by atoms with Crippen LogP contribution in [0.2, 0.25) is 0 Å². The van der Waals surface area contributed by atoms with Gasteiger partial charge in [0.1, 0.15) is 5.75 Å². The first kappa shape index (κ1) is 12.4. The van der Waals surface area contributed by atoms with Crippen LogP contribution >= 0.6 is 22.6 Å². The molecular weight excluding hydrogens is 335 g/mol. The first-order valence-electron chi connectivity index (χ1n) is 5.32. The summed E-state index contributed by atoms with van der Waals surface area (Å²) in [6.45, 7) is 1.06.